The molecule has 0 spiro atoms. The van der Waals surface area contributed by atoms with Crippen molar-refractivity contribution in [1.82, 2.24) is 5.32 Å². The van der Waals surface area contributed by atoms with Crippen LogP contribution in [-0.2, 0) is 19.1 Å². The van der Waals surface area contributed by atoms with Crippen molar-refractivity contribution in [2.24, 2.45) is 0 Å². The Hall–Kier alpha value is -1.10. The van der Waals surface area contributed by atoms with E-state index in [2.05, 4.69) is 10.1 Å². The molecule has 0 aliphatic carbocycles. The Labute approximate surface area is 89.1 Å². The summed E-state index contributed by atoms with van der Waals surface area (Å²) in [6.45, 7) is 0.745. The summed E-state index contributed by atoms with van der Waals surface area (Å²) in [5.41, 5.74) is 0. The Morgan fingerprint density at radius 3 is 2.93 bits per heavy atom. The summed E-state index contributed by atoms with van der Waals surface area (Å²) in [6.07, 6.45) is 3.46. The van der Waals surface area contributed by atoms with Crippen LogP contribution in [0.15, 0.2) is 0 Å². The molecule has 1 aliphatic rings. The van der Waals surface area contributed by atoms with Crippen LogP contribution in [0.5, 0.6) is 0 Å². The van der Waals surface area contributed by atoms with Crippen molar-refractivity contribution in [3.8, 4) is 0 Å². The topological polar surface area (TPSA) is 64.6 Å². The second kappa shape index (κ2) is 6.40. The first kappa shape index (κ1) is 12.0. The van der Waals surface area contributed by atoms with E-state index in [1.54, 1.807) is 0 Å². The zero-order chi connectivity index (χ0) is 11.1. The minimum Gasteiger partial charge on any atom is -0.468 e. The van der Waals surface area contributed by atoms with E-state index < -0.39 is 5.97 Å². The Bertz CT molecular complexity index is 223. The molecule has 1 saturated heterocycles. The van der Waals surface area contributed by atoms with Gasteiger partial charge in [-0.2, -0.15) is 0 Å². The van der Waals surface area contributed by atoms with E-state index >= 15 is 0 Å². The maximum absolute atomic E-state index is 11.2. The summed E-state index contributed by atoms with van der Waals surface area (Å²) in [7, 11) is 1.29. The van der Waals surface area contributed by atoms with Crippen LogP contribution in [0.2, 0.25) is 0 Å². The second-order valence-electron chi connectivity index (χ2n) is 3.53. The lowest BCUT2D eigenvalue weighted by Crippen LogP contribution is -2.30. The third-order valence-electron chi connectivity index (χ3n) is 2.37. The normalized spacial score (nSPS) is 19.9. The Morgan fingerprint density at radius 2 is 2.33 bits per heavy atom. The molecular formula is C10H17NO4. The summed E-state index contributed by atoms with van der Waals surface area (Å²) in [5.74, 6) is -0.559. The molecule has 1 fully saturated rings. The van der Waals surface area contributed by atoms with Crippen LogP contribution in [-0.4, -0.2) is 38.2 Å². The van der Waals surface area contributed by atoms with Crippen molar-refractivity contribution in [2.45, 2.75) is 31.8 Å². The van der Waals surface area contributed by atoms with Crippen molar-refractivity contribution in [2.75, 3.05) is 20.3 Å². The highest BCUT2D eigenvalue weighted by atomic mass is 16.5. The Balaban J connectivity index is 2.05. The standard InChI is InChI=1S/C10H17NO4/c1-14-10(13)7-11-9(12)5-4-8-3-2-6-15-8/h8H,2-7H2,1H3,(H,11,12). The van der Waals surface area contributed by atoms with Gasteiger partial charge in [0, 0.05) is 13.0 Å². The van der Waals surface area contributed by atoms with E-state index in [0.29, 0.717) is 6.42 Å². The Kier molecular flexibility index (Phi) is 5.10. The van der Waals surface area contributed by atoms with Crippen molar-refractivity contribution < 1.29 is 19.1 Å². The quantitative estimate of drug-likeness (QED) is 0.667. The number of esters is 1. The van der Waals surface area contributed by atoms with Crippen LogP contribution < -0.4 is 5.32 Å². The van der Waals surface area contributed by atoms with Gasteiger partial charge in [-0.05, 0) is 19.3 Å². The molecule has 1 rings (SSSR count). The fraction of sp³-hybridized carbons (Fsp3) is 0.800. The molecule has 0 saturated carbocycles. The number of hydrogen-bond acceptors (Lipinski definition) is 4. The van der Waals surface area contributed by atoms with Gasteiger partial charge in [0.25, 0.3) is 0 Å². The predicted molar refractivity (Wildman–Crippen MR) is 53.2 cm³/mol. The third kappa shape index (κ3) is 4.78. The number of carbonyl (C=O) groups is 2. The van der Waals surface area contributed by atoms with Gasteiger partial charge in [0.2, 0.25) is 5.91 Å². The molecule has 1 amide bonds. The average Bonchev–Trinajstić information content (AvgIpc) is 2.75. The van der Waals surface area contributed by atoms with Crippen molar-refractivity contribution in [1.29, 1.82) is 0 Å². The summed E-state index contributed by atoms with van der Waals surface area (Å²) in [6, 6.07) is 0. The van der Waals surface area contributed by atoms with Crippen molar-refractivity contribution in [3.05, 3.63) is 0 Å². The first-order valence-electron chi connectivity index (χ1n) is 5.17. The zero-order valence-corrected chi connectivity index (χ0v) is 8.95. The molecule has 5 heteroatoms. The first-order valence-corrected chi connectivity index (χ1v) is 5.17. The maximum Gasteiger partial charge on any atom is 0.325 e. The molecule has 1 heterocycles. The van der Waals surface area contributed by atoms with Crippen molar-refractivity contribution in [3.63, 3.8) is 0 Å². The molecule has 0 aromatic heterocycles. The SMILES string of the molecule is COC(=O)CNC(=O)CCC1CCCO1. The second-order valence-corrected chi connectivity index (χ2v) is 3.53. The number of nitrogens with one attached hydrogen (secondary N) is 1. The van der Waals surface area contributed by atoms with Gasteiger partial charge in [0.1, 0.15) is 6.54 Å². The maximum atomic E-state index is 11.2. The molecule has 1 atom stereocenters. The monoisotopic (exact) mass is 215 g/mol. The largest absolute Gasteiger partial charge is 0.468 e. The van der Waals surface area contributed by atoms with Crippen molar-refractivity contribution >= 4 is 11.9 Å². The molecule has 5 nitrogen and oxygen atoms in total. The van der Waals surface area contributed by atoms with E-state index in [0.717, 1.165) is 25.9 Å². The van der Waals surface area contributed by atoms with Gasteiger partial charge < -0.3 is 14.8 Å². The van der Waals surface area contributed by atoms with Crippen LogP contribution in [0.25, 0.3) is 0 Å². The number of carbonyl (C=O) groups excluding carboxylic acids is 2. The summed E-state index contributed by atoms with van der Waals surface area (Å²) in [4.78, 5) is 22.0. The fourth-order valence-corrected chi connectivity index (χ4v) is 1.50. The van der Waals surface area contributed by atoms with Crippen LogP contribution in [0.3, 0.4) is 0 Å². The van der Waals surface area contributed by atoms with E-state index in [9.17, 15) is 9.59 Å². The zero-order valence-electron chi connectivity index (χ0n) is 8.95. The highest BCUT2D eigenvalue weighted by Crippen LogP contribution is 2.16. The molecule has 1 N–H and O–H groups in total. The van der Waals surface area contributed by atoms with E-state index in [-0.39, 0.29) is 18.6 Å². The number of hydrogen-bond donors (Lipinski definition) is 1. The van der Waals surface area contributed by atoms with Gasteiger partial charge in [-0.15, -0.1) is 0 Å². The molecule has 0 aromatic rings. The number of methoxy groups -OCH3 is 1. The van der Waals surface area contributed by atoms with Gasteiger partial charge in [0.05, 0.1) is 13.2 Å². The molecule has 86 valence electrons. The molecule has 1 aliphatic heterocycles. The number of ether oxygens (including phenoxy) is 2. The lowest BCUT2D eigenvalue weighted by atomic mass is 10.1. The predicted octanol–water partition coefficient (Wildman–Crippen LogP) is 0.235. The lowest BCUT2D eigenvalue weighted by molar-refractivity contribution is -0.141. The van der Waals surface area contributed by atoms with E-state index in [1.807, 2.05) is 0 Å². The molecule has 0 bridgehead atoms. The summed E-state index contributed by atoms with van der Waals surface area (Å²) in [5, 5.41) is 2.49. The summed E-state index contributed by atoms with van der Waals surface area (Å²) < 4.78 is 9.78. The minimum atomic E-state index is -0.430. The van der Waals surface area contributed by atoms with Gasteiger partial charge in [0.15, 0.2) is 0 Å². The van der Waals surface area contributed by atoms with Gasteiger partial charge >= 0.3 is 5.97 Å². The Morgan fingerprint density at radius 1 is 1.53 bits per heavy atom. The molecule has 15 heavy (non-hydrogen) atoms. The average molecular weight is 215 g/mol. The molecule has 0 aromatic carbocycles. The molecular weight excluding hydrogens is 198 g/mol. The summed E-state index contributed by atoms with van der Waals surface area (Å²) >= 11 is 0. The van der Waals surface area contributed by atoms with Gasteiger partial charge in [-0.25, -0.2) is 0 Å². The fourth-order valence-electron chi connectivity index (χ4n) is 1.50. The highest BCUT2D eigenvalue weighted by Gasteiger charge is 2.16. The first-order chi connectivity index (χ1) is 7.22. The molecule has 1 unspecified atom stereocenters. The minimum absolute atomic E-state index is 0.0547. The molecule has 0 radical (unpaired) electrons. The van der Waals surface area contributed by atoms with Crippen LogP contribution in [0.1, 0.15) is 25.7 Å². The van der Waals surface area contributed by atoms with Crippen LogP contribution in [0.4, 0.5) is 0 Å². The van der Waals surface area contributed by atoms with Gasteiger partial charge in [-0.3, -0.25) is 9.59 Å². The number of rotatable bonds is 5. The van der Waals surface area contributed by atoms with E-state index in [1.165, 1.54) is 7.11 Å². The van der Waals surface area contributed by atoms with Gasteiger partial charge in [-0.1, -0.05) is 0 Å². The van der Waals surface area contributed by atoms with E-state index in [4.69, 9.17) is 4.74 Å². The highest BCUT2D eigenvalue weighted by molar-refractivity contribution is 5.81. The van der Waals surface area contributed by atoms with Crippen LogP contribution >= 0.6 is 0 Å². The third-order valence-corrected chi connectivity index (χ3v) is 2.37. The van der Waals surface area contributed by atoms with Crippen LogP contribution in [0, 0.1) is 0 Å². The lowest BCUT2D eigenvalue weighted by Gasteiger charge is -2.08. The number of amides is 1. The smallest absolute Gasteiger partial charge is 0.325 e.